The number of hydrogen-bond acceptors (Lipinski definition) is 4. The number of nitrogens with zero attached hydrogens (tertiary/aromatic N) is 2. The number of halogens is 1. The van der Waals surface area contributed by atoms with Gasteiger partial charge in [-0.25, -0.2) is 0 Å². The van der Waals surface area contributed by atoms with Crippen LogP contribution in [0.3, 0.4) is 0 Å². The van der Waals surface area contributed by atoms with Gasteiger partial charge in [-0.15, -0.1) is 10.2 Å². The van der Waals surface area contributed by atoms with E-state index < -0.39 is 5.97 Å². The summed E-state index contributed by atoms with van der Waals surface area (Å²) in [7, 11) is 0. The number of aromatic nitrogens is 2. The Balaban J connectivity index is 2.09. The van der Waals surface area contributed by atoms with Gasteiger partial charge in [0.2, 0.25) is 11.8 Å². The van der Waals surface area contributed by atoms with Crippen molar-refractivity contribution in [3.63, 3.8) is 0 Å². The van der Waals surface area contributed by atoms with Crippen molar-refractivity contribution in [1.29, 1.82) is 0 Å². The lowest BCUT2D eigenvalue weighted by molar-refractivity contribution is -0.137. The molecule has 1 aromatic heterocycles. The lowest BCUT2D eigenvalue weighted by Crippen LogP contribution is -1.95. The van der Waals surface area contributed by atoms with Crippen LogP contribution >= 0.6 is 11.6 Å². The Morgan fingerprint density at radius 3 is 2.84 bits per heavy atom. The van der Waals surface area contributed by atoms with E-state index >= 15 is 0 Å². The molecule has 100 valence electrons. The van der Waals surface area contributed by atoms with E-state index in [0.29, 0.717) is 29.6 Å². The van der Waals surface area contributed by atoms with Gasteiger partial charge in [-0.1, -0.05) is 11.6 Å². The summed E-state index contributed by atoms with van der Waals surface area (Å²) < 4.78 is 5.49. The molecule has 19 heavy (non-hydrogen) atoms. The van der Waals surface area contributed by atoms with Crippen LogP contribution in [0.2, 0.25) is 5.02 Å². The molecule has 5 nitrogen and oxygen atoms in total. The van der Waals surface area contributed by atoms with Gasteiger partial charge < -0.3 is 9.52 Å². The number of hydrogen-bond donors (Lipinski definition) is 1. The zero-order valence-electron chi connectivity index (χ0n) is 10.4. The Kier molecular flexibility index (Phi) is 4.16. The summed E-state index contributed by atoms with van der Waals surface area (Å²) in [6, 6.07) is 5.50. The first-order chi connectivity index (χ1) is 9.04. The van der Waals surface area contributed by atoms with Gasteiger partial charge in [0.15, 0.2) is 0 Å². The Morgan fingerprint density at radius 2 is 2.16 bits per heavy atom. The Morgan fingerprint density at radius 1 is 1.37 bits per heavy atom. The van der Waals surface area contributed by atoms with Crippen LogP contribution in [0.5, 0.6) is 0 Å². The molecule has 1 heterocycles. The average Bonchev–Trinajstić information content (AvgIpc) is 2.76. The van der Waals surface area contributed by atoms with E-state index in [2.05, 4.69) is 10.2 Å². The van der Waals surface area contributed by atoms with Crippen molar-refractivity contribution >= 4 is 17.6 Å². The highest BCUT2D eigenvalue weighted by Gasteiger charge is 2.10. The lowest BCUT2D eigenvalue weighted by atomic mass is 10.1. The van der Waals surface area contributed by atoms with Crippen LogP contribution in [0.15, 0.2) is 22.6 Å². The van der Waals surface area contributed by atoms with Crippen molar-refractivity contribution in [2.45, 2.75) is 26.2 Å². The maximum absolute atomic E-state index is 10.4. The van der Waals surface area contributed by atoms with E-state index in [-0.39, 0.29) is 6.42 Å². The van der Waals surface area contributed by atoms with Crippen LogP contribution in [-0.2, 0) is 11.2 Å². The number of benzene rings is 1. The zero-order chi connectivity index (χ0) is 13.8. The molecule has 0 aliphatic heterocycles. The van der Waals surface area contributed by atoms with Gasteiger partial charge >= 0.3 is 5.97 Å². The topological polar surface area (TPSA) is 76.2 Å². The first-order valence-electron chi connectivity index (χ1n) is 5.86. The van der Waals surface area contributed by atoms with E-state index in [1.807, 2.05) is 19.1 Å². The van der Waals surface area contributed by atoms with Gasteiger partial charge in [-0.2, -0.15) is 0 Å². The number of rotatable bonds is 5. The third-order valence-corrected chi connectivity index (χ3v) is 2.76. The highest BCUT2D eigenvalue weighted by molar-refractivity contribution is 6.30. The molecule has 0 spiro atoms. The normalized spacial score (nSPS) is 10.6. The molecule has 0 radical (unpaired) electrons. The molecule has 0 aliphatic rings. The molecule has 0 aliphatic carbocycles. The fraction of sp³-hybridized carbons (Fsp3) is 0.308. The third-order valence-electron chi connectivity index (χ3n) is 2.54. The Labute approximate surface area is 115 Å². The quantitative estimate of drug-likeness (QED) is 0.910. The summed E-state index contributed by atoms with van der Waals surface area (Å²) in [5, 5.41) is 17.0. The summed E-state index contributed by atoms with van der Waals surface area (Å²) >= 11 is 5.97. The number of aryl methyl sites for hydroxylation is 2. The van der Waals surface area contributed by atoms with Crippen molar-refractivity contribution in [2.24, 2.45) is 0 Å². The zero-order valence-corrected chi connectivity index (χ0v) is 11.1. The van der Waals surface area contributed by atoms with Crippen molar-refractivity contribution in [3.8, 4) is 11.5 Å². The second-order valence-corrected chi connectivity index (χ2v) is 4.70. The summed E-state index contributed by atoms with van der Waals surface area (Å²) in [4.78, 5) is 10.4. The highest BCUT2D eigenvalue weighted by atomic mass is 35.5. The molecule has 0 fully saturated rings. The number of aliphatic carboxylic acids is 1. The predicted molar refractivity (Wildman–Crippen MR) is 70.1 cm³/mol. The van der Waals surface area contributed by atoms with Gasteiger partial charge in [0.05, 0.1) is 0 Å². The summed E-state index contributed by atoms with van der Waals surface area (Å²) in [6.45, 7) is 1.93. The van der Waals surface area contributed by atoms with E-state index in [1.165, 1.54) is 0 Å². The molecular weight excluding hydrogens is 268 g/mol. The van der Waals surface area contributed by atoms with E-state index in [1.54, 1.807) is 6.07 Å². The summed E-state index contributed by atoms with van der Waals surface area (Å²) in [6.07, 6.45) is 1.03. The van der Waals surface area contributed by atoms with Gasteiger partial charge in [-0.05, 0) is 37.1 Å². The Hall–Kier alpha value is -1.88. The van der Waals surface area contributed by atoms with Crippen LogP contribution in [0, 0.1) is 6.92 Å². The average molecular weight is 281 g/mol. The maximum atomic E-state index is 10.4. The predicted octanol–water partition coefficient (Wildman–Crippen LogP) is 3.11. The molecule has 0 unspecified atom stereocenters. The fourth-order valence-corrected chi connectivity index (χ4v) is 2.01. The van der Waals surface area contributed by atoms with Gasteiger partial charge in [0.1, 0.15) is 0 Å². The second-order valence-electron chi connectivity index (χ2n) is 4.27. The van der Waals surface area contributed by atoms with Crippen molar-refractivity contribution in [1.82, 2.24) is 10.2 Å². The number of carbonyl (C=O) groups is 1. The van der Waals surface area contributed by atoms with Gasteiger partial charge in [-0.3, -0.25) is 4.79 Å². The third kappa shape index (κ3) is 3.79. The molecule has 0 atom stereocenters. The number of carboxylic acid groups (broad SMARTS) is 1. The van der Waals surface area contributed by atoms with Gasteiger partial charge in [0, 0.05) is 23.4 Å². The van der Waals surface area contributed by atoms with Crippen molar-refractivity contribution in [2.75, 3.05) is 0 Å². The first kappa shape index (κ1) is 13.5. The molecule has 0 bridgehead atoms. The first-order valence-corrected chi connectivity index (χ1v) is 6.24. The van der Waals surface area contributed by atoms with Crippen molar-refractivity contribution in [3.05, 3.63) is 34.7 Å². The van der Waals surface area contributed by atoms with E-state index in [9.17, 15) is 4.79 Å². The Bertz CT molecular complexity index is 575. The molecular formula is C13H13ClN2O3. The smallest absolute Gasteiger partial charge is 0.303 e. The SMILES string of the molecule is Cc1cc(Cl)cc(-c2nnc(CCCC(=O)O)o2)c1. The molecule has 2 rings (SSSR count). The molecule has 1 N–H and O–H groups in total. The molecule has 1 aromatic carbocycles. The maximum Gasteiger partial charge on any atom is 0.303 e. The van der Waals surface area contributed by atoms with Crippen LogP contribution in [-0.4, -0.2) is 21.3 Å². The summed E-state index contributed by atoms with van der Waals surface area (Å²) in [5.74, 6) is 0.00927. The number of carboxylic acids is 1. The van der Waals surface area contributed by atoms with E-state index in [0.717, 1.165) is 11.1 Å². The van der Waals surface area contributed by atoms with Crippen LogP contribution in [0.25, 0.3) is 11.5 Å². The lowest BCUT2D eigenvalue weighted by Gasteiger charge is -1.98. The molecule has 2 aromatic rings. The minimum atomic E-state index is -0.829. The fourth-order valence-electron chi connectivity index (χ4n) is 1.72. The molecule has 0 saturated carbocycles. The standard InChI is InChI=1S/C13H13ClN2O3/c1-8-5-9(7-10(14)6-8)13-16-15-11(19-13)3-2-4-12(17)18/h5-7H,2-4H2,1H3,(H,17,18). The van der Waals surface area contributed by atoms with Crippen LogP contribution in [0.1, 0.15) is 24.3 Å². The minimum absolute atomic E-state index is 0.0913. The van der Waals surface area contributed by atoms with Gasteiger partial charge in [0.25, 0.3) is 0 Å². The minimum Gasteiger partial charge on any atom is -0.481 e. The molecule has 0 amide bonds. The second kappa shape index (κ2) is 5.84. The molecule has 0 saturated heterocycles. The largest absolute Gasteiger partial charge is 0.481 e. The van der Waals surface area contributed by atoms with Crippen molar-refractivity contribution < 1.29 is 14.3 Å². The van der Waals surface area contributed by atoms with Crippen LogP contribution in [0.4, 0.5) is 0 Å². The highest BCUT2D eigenvalue weighted by Crippen LogP contribution is 2.23. The molecule has 6 heteroatoms. The summed E-state index contributed by atoms with van der Waals surface area (Å²) in [5.41, 5.74) is 1.77. The van der Waals surface area contributed by atoms with E-state index in [4.69, 9.17) is 21.1 Å². The monoisotopic (exact) mass is 280 g/mol. The van der Waals surface area contributed by atoms with Crippen LogP contribution < -0.4 is 0 Å².